The van der Waals surface area contributed by atoms with E-state index in [2.05, 4.69) is 45.0 Å². The first-order valence-corrected chi connectivity index (χ1v) is 9.09. The van der Waals surface area contributed by atoms with Crippen molar-refractivity contribution in [3.05, 3.63) is 83.2 Å². The minimum atomic E-state index is -0.144. The molecule has 1 aliphatic rings. The summed E-state index contributed by atoms with van der Waals surface area (Å²) in [5.74, 6) is 0.456. The molecule has 1 unspecified atom stereocenters. The van der Waals surface area contributed by atoms with E-state index in [0.29, 0.717) is 18.2 Å². The summed E-state index contributed by atoms with van der Waals surface area (Å²) in [5, 5.41) is 13.9. The Hall–Kier alpha value is -2.95. The van der Waals surface area contributed by atoms with Crippen molar-refractivity contribution < 1.29 is 4.79 Å². The van der Waals surface area contributed by atoms with Crippen LogP contribution in [0.15, 0.2) is 60.7 Å². The monoisotopic (exact) mass is 346 g/mol. The molecule has 0 bridgehead atoms. The summed E-state index contributed by atoms with van der Waals surface area (Å²) >= 11 is 0. The highest BCUT2D eigenvalue weighted by molar-refractivity contribution is 5.93. The molecule has 0 radical (unpaired) electrons. The molecule has 1 fully saturated rings. The molecule has 4 rings (SSSR count). The van der Waals surface area contributed by atoms with Crippen LogP contribution in [0.2, 0.25) is 0 Å². The van der Waals surface area contributed by atoms with E-state index in [1.54, 1.807) is 0 Å². The molecule has 5 nitrogen and oxygen atoms in total. The van der Waals surface area contributed by atoms with Crippen LogP contribution in [0.1, 0.15) is 52.0 Å². The van der Waals surface area contributed by atoms with Crippen LogP contribution in [0, 0.1) is 0 Å². The maximum absolute atomic E-state index is 12.6. The average molecular weight is 346 g/mol. The fraction of sp³-hybridized carbons (Fsp3) is 0.286. The third kappa shape index (κ3) is 3.82. The summed E-state index contributed by atoms with van der Waals surface area (Å²) in [4.78, 5) is 12.6. The van der Waals surface area contributed by atoms with E-state index < -0.39 is 0 Å². The smallest absolute Gasteiger partial charge is 0.273 e. The zero-order valence-electron chi connectivity index (χ0n) is 14.6. The van der Waals surface area contributed by atoms with Gasteiger partial charge in [-0.15, -0.1) is 0 Å². The first-order chi connectivity index (χ1) is 12.8. The number of rotatable bonds is 7. The Morgan fingerprint density at radius 3 is 2.42 bits per heavy atom. The molecule has 1 heterocycles. The summed E-state index contributed by atoms with van der Waals surface area (Å²) in [5.41, 5.74) is 3.73. The Balaban J connectivity index is 1.47. The molecule has 1 aromatic heterocycles. The van der Waals surface area contributed by atoms with Crippen LogP contribution in [0.5, 0.6) is 0 Å². The molecular formula is C21H22N4O. The predicted octanol–water partition coefficient (Wildman–Crippen LogP) is 3.44. The Bertz CT molecular complexity index is 856. The Morgan fingerprint density at radius 1 is 1.04 bits per heavy atom. The van der Waals surface area contributed by atoms with Crippen molar-refractivity contribution in [1.82, 2.24) is 20.7 Å². The number of carbonyl (C=O) groups is 1. The molecule has 0 aliphatic heterocycles. The summed E-state index contributed by atoms with van der Waals surface area (Å²) < 4.78 is 0. The average Bonchev–Trinajstić information content (AvgIpc) is 3.42. The summed E-state index contributed by atoms with van der Waals surface area (Å²) in [6.07, 6.45) is 3.06. The van der Waals surface area contributed by atoms with Gasteiger partial charge in [-0.1, -0.05) is 60.7 Å². The van der Waals surface area contributed by atoms with Crippen LogP contribution in [-0.4, -0.2) is 27.9 Å². The molecule has 132 valence electrons. The standard InChI is InChI=1S/C21H22N4O/c26-21(20-19(17-11-12-17)23-25-24-20)22-14-18(16-9-5-2-6-10-16)13-15-7-3-1-4-8-15/h1-10,17-18H,11-14H2,(H,22,26)(H,23,24,25). The molecule has 1 atom stereocenters. The van der Waals surface area contributed by atoms with Gasteiger partial charge in [0.05, 0.1) is 5.69 Å². The van der Waals surface area contributed by atoms with Gasteiger partial charge in [-0.3, -0.25) is 4.79 Å². The lowest BCUT2D eigenvalue weighted by molar-refractivity contribution is 0.0945. The Kier molecular flexibility index (Phi) is 4.78. The topological polar surface area (TPSA) is 70.7 Å². The lowest BCUT2D eigenvalue weighted by Crippen LogP contribution is -2.30. The van der Waals surface area contributed by atoms with Gasteiger partial charge in [0, 0.05) is 18.4 Å². The van der Waals surface area contributed by atoms with E-state index in [9.17, 15) is 4.79 Å². The SMILES string of the molecule is O=C(NCC(Cc1ccccc1)c1ccccc1)c1n[nH]nc1C1CC1. The number of carbonyl (C=O) groups excluding carboxylic acids is 1. The van der Waals surface area contributed by atoms with Gasteiger partial charge in [0.2, 0.25) is 0 Å². The van der Waals surface area contributed by atoms with Gasteiger partial charge in [0.15, 0.2) is 5.69 Å². The first kappa shape index (κ1) is 16.5. The molecule has 1 saturated carbocycles. The van der Waals surface area contributed by atoms with E-state index >= 15 is 0 Å². The summed E-state index contributed by atoms with van der Waals surface area (Å²) in [7, 11) is 0. The third-order valence-electron chi connectivity index (χ3n) is 4.86. The molecule has 26 heavy (non-hydrogen) atoms. The van der Waals surface area contributed by atoms with Crippen LogP contribution < -0.4 is 5.32 Å². The number of hydrogen-bond donors (Lipinski definition) is 2. The van der Waals surface area contributed by atoms with Gasteiger partial charge in [-0.25, -0.2) is 0 Å². The van der Waals surface area contributed by atoms with Crippen molar-refractivity contribution >= 4 is 5.91 Å². The number of hydrogen-bond acceptors (Lipinski definition) is 3. The summed E-state index contributed by atoms with van der Waals surface area (Å²) in [6.45, 7) is 0.564. The predicted molar refractivity (Wildman–Crippen MR) is 100 cm³/mol. The second-order valence-electron chi connectivity index (χ2n) is 6.84. The van der Waals surface area contributed by atoms with Crippen LogP contribution in [-0.2, 0) is 6.42 Å². The van der Waals surface area contributed by atoms with E-state index in [-0.39, 0.29) is 11.8 Å². The molecular weight excluding hydrogens is 324 g/mol. The van der Waals surface area contributed by atoms with Crippen molar-refractivity contribution in [3.63, 3.8) is 0 Å². The molecule has 5 heteroatoms. The zero-order valence-corrected chi connectivity index (χ0v) is 14.6. The second kappa shape index (κ2) is 7.52. The minimum absolute atomic E-state index is 0.144. The van der Waals surface area contributed by atoms with Gasteiger partial charge >= 0.3 is 0 Å². The zero-order chi connectivity index (χ0) is 17.8. The molecule has 2 N–H and O–H groups in total. The Morgan fingerprint density at radius 2 is 1.73 bits per heavy atom. The fourth-order valence-electron chi connectivity index (χ4n) is 3.28. The minimum Gasteiger partial charge on any atom is -0.350 e. The lowest BCUT2D eigenvalue weighted by Gasteiger charge is -2.18. The number of nitrogens with zero attached hydrogens (tertiary/aromatic N) is 2. The fourth-order valence-corrected chi connectivity index (χ4v) is 3.28. The molecule has 1 amide bonds. The summed E-state index contributed by atoms with van der Waals surface area (Å²) in [6, 6.07) is 20.7. The van der Waals surface area contributed by atoms with Crippen molar-refractivity contribution in [2.75, 3.05) is 6.54 Å². The van der Waals surface area contributed by atoms with Gasteiger partial charge < -0.3 is 5.32 Å². The maximum atomic E-state index is 12.6. The molecule has 0 saturated heterocycles. The largest absolute Gasteiger partial charge is 0.350 e. The first-order valence-electron chi connectivity index (χ1n) is 9.09. The third-order valence-corrected chi connectivity index (χ3v) is 4.86. The van der Waals surface area contributed by atoms with E-state index in [1.165, 1.54) is 11.1 Å². The van der Waals surface area contributed by atoms with Crippen LogP contribution >= 0.6 is 0 Å². The number of aromatic nitrogens is 3. The molecule has 1 aliphatic carbocycles. The van der Waals surface area contributed by atoms with Crippen LogP contribution in [0.25, 0.3) is 0 Å². The molecule has 2 aromatic carbocycles. The number of amides is 1. The lowest BCUT2D eigenvalue weighted by atomic mass is 9.92. The number of nitrogens with one attached hydrogen (secondary N) is 2. The van der Waals surface area contributed by atoms with E-state index in [1.807, 2.05) is 36.4 Å². The van der Waals surface area contributed by atoms with Crippen molar-refractivity contribution in [3.8, 4) is 0 Å². The second-order valence-corrected chi connectivity index (χ2v) is 6.84. The molecule has 0 spiro atoms. The van der Waals surface area contributed by atoms with Gasteiger partial charge in [-0.05, 0) is 30.4 Å². The normalized spacial score (nSPS) is 14.8. The molecule has 3 aromatic rings. The van der Waals surface area contributed by atoms with Crippen molar-refractivity contribution in [1.29, 1.82) is 0 Å². The van der Waals surface area contributed by atoms with Gasteiger partial charge in [0.25, 0.3) is 5.91 Å². The van der Waals surface area contributed by atoms with E-state index in [4.69, 9.17) is 0 Å². The van der Waals surface area contributed by atoms with Gasteiger partial charge in [0.1, 0.15) is 0 Å². The number of benzene rings is 2. The van der Waals surface area contributed by atoms with Gasteiger partial charge in [-0.2, -0.15) is 15.4 Å². The Labute approximate surface area is 152 Å². The highest BCUT2D eigenvalue weighted by atomic mass is 16.2. The van der Waals surface area contributed by atoms with Crippen LogP contribution in [0.4, 0.5) is 0 Å². The maximum Gasteiger partial charge on any atom is 0.273 e. The number of aromatic amines is 1. The van der Waals surface area contributed by atoms with Crippen LogP contribution in [0.3, 0.4) is 0 Å². The van der Waals surface area contributed by atoms with Crippen molar-refractivity contribution in [2.45, 2.75) is 31.1 Å². The number of H-pyrrole nitrogens is 1. The van der Waals surface area contributed by atoms with Crippen molar-refractivity contribution in [2.24, 2.45) is 0 Å². The highest BCUT2D eigenvalue weighted by Crippen LogP contribution is 2.39. The quantitative estimate of drug-likeness (QED) is 0.688. The van der Waals surface area contributed by atoms with E-state index in [0.717, 1.165) is 25.0 Å². The highest BCUT2D eigenvalue weighted by Gasteiger charge is 2.31.